The highest BCUT2D eigenvalue weighted by molar-refractivity contribution is 5.72. The van der Waals surface area contributed by atoms with Gasteiger partial charge in [0.15, 0.2) is 0 Å². The molecule has 3 heteroatoms. The molecule has 0 amide bonds. The second-order valence-corrected chi connectivity index (χ2v) is 6.51. The number of benzene rings is 1. The maximum absolute atomic E-state index is 11.7. The predicted octanol–water partition coefficient (Wildman–Crippen LogP) is 3.62. The summed E-state index contributed by atoms with van der Waals surface area (Å²) in [5.41, 5.74) is 1.36. The van der Waals surface area contributed by atoms with E-state index in [2.05, 4.69) is 25.7 Å². The third-order valence-electron chi connectivity index (χ3n) is 3.19. The molecule has 0 heterocycles. The molecule has 0 unspecified atom stereocenters. The minimum atomic E-state index is -0.146. The molecule has 0 aliphatic rings. The highest BCUT2D eigenvalue weighted by atomic mass is 16.5. The quantitative estimate of drug-likeness (QED) is 0.452. The summed E-state index contributed by atoms with van der Waals surface area (Å²) in [5.74, 6) is 0.489. The maximum atomic E-state index is 11.7. The summed E-state index contributed by atoms with van der Waals surface area (Å²) >= 11 is 0. The van der Waals surface area contributed by atoms with Crippen LogP contribution in [0.25, 0.3) is 0 Å². The van der Waals surface area contributed by atoms with Crippen LogP contribution in [0, 0.1) is 0 Å². The minimum absolute atomic E-state index is 0.120. The van der Waals surface area contributed by atoms with Gasteiger partial charge in [-0.05, 0) is 56.6 Å². The molecule has 112 valence electrons. The maximum Gasteiger partial charge on any atom is 0.311 e. The van der Waals surface area contributed by atoms with Crippen molar-refractivity contribution in [2.24, 2.45) is 0 Å². The zero-order valence-corrected chi connectivity index (χ0v) is 13.4. The second-order valence-electron chi connectivity index (χ2n) is 6.51. The number of esters is 1. The largest absolute Gasteiger partial charge is 0.427 e. The van der Waals surface area contributed by atoms with Gasteiger partial charge in [0, 0.05) is 6.42 Å². The number of carbonyl (C=O) groups excluding carboxylic acids is 1. The van der Waals surface area contributed by atoms with E-state index in [9.17, 15) is 4.79 Å². The van der Waals surface area contributed by atoms with Crippen LogP contribution in [0.4, 0.5) is 0 Å². The SMILES string of the molecule is CN(C)CCCCC(=O)Oc1ccc(C(C)(C)C)cc1. The van der Waals surface area contributed by atoms with Crippen molar-refractivity contribution in [2.45, 2.75) is 45.4 Å². The molecule has 0 aliphatic carbocycles. The minimum Gasteiger partial charge on any atom is -0.427 e. The van der Waals surface area contributed by atoms with Gasteiger partial charge < -0.3 is 9.64 Å². The Morgan fingerprint density at radius 2 is 1.70 bits per heavy atom. The molecule has 0 atom stereocenters. The van der Waals surface area contributed by atoms with Crippen LogP contribution >= 0.6 is 0 Å². The lowest BCUT2D eigenvalue weighted by Crippen LogP contribution is -2.14. The highest BCUT2D eigenvalue weighted by Gasteiger charge is 2.13. The number of unbranched alkanes of at least 4 members (excludes halogenated alkanes) is 1. The van der Waals surface area contributed by atoms with Crippen LogP contribution in [-0.2, 0) is 10.2 Å². The molecule has 0 bridgehead atoms. The van der Waals surface area contributed by atoms with Crippen LogP contribution in [0.3, 0.4) is 0 Å². The highest BCUT2D eigenvalue weighted by Crippen LogP contribution is 2.24. The smallest absolute Gasteiger partial charge is 0.311 e. The number of ether oxygens (including phenoxy) is 1. The summed E-state index contributed by atoms with van der Waals surface area (Å²) in [6.45, 7) is 7.50. The molecular weight excluding hydrogens is 250 g/mol. The van der Waals surface area contributed by atoms with Crippen LogP contribution in [-0.4, -0.2) is 31.5 Å². The van der Waals surface area contributed by atoms with Gasteiger partial charge in [-0.2, -0.15) is 0 Å². The number of hydrogen-bond donors (Lipinski definition) is 0. The first-order chi connectivity index (χ1) is 9.29. The average molecular weight is 277 g/mol. The fourth-order valence-corrected chi connectivity index (χ4v) is 1.90. The van der Waals surface area contributed by atoms with Crippen molar-refractivity contribution >= 4 is 5.97 Å². The van der Waals surface area contributed by atoms with Crippen LogP contribution < -0.4 is 4.74 Å². The molecule has 3 nitrogen and oxygen atoms in total. The Morgan fingerprint density at radius 1 is 1.10 bits per heavy atom. The standard InChI is InChI=1S/C17H27NO2/c1-17(2,3)14-9-11-15(12-10-14)20-16(19)8-6-7-13-18(4)5/h9-12H,6-8,13H2,1-5H3. The normalized spacial score (nSPS) is 11.7. The number of nitrogens with zero attached hydrogens (tertiary/aromatic N) is 1. The van der Waals surface area contributed by atoms with E-state index in [0.717, 1.165) is 19.4 Å². The molecule has 0 saturated carbocycles. The first-order valence-electron chi connectivity index (χ1n) is 7.25. The van der Waals surface area contributed by atoms with Gasteiger partial charge in [-0.1, -0.05) is 32.9 Å². The molecule has 0 aromatic heterocycles. The lowest BCUT2D eigenvalue weighted by Gasteiger charge is -2.19. The topological polar surface area (TPSA) is 29.5 Å². The number of hydrogen-bond acceptors (Lipinski definition) is 3. The molecule has 20 heavy (non-hydrogen) atoms. The van der Waals surface area contributed by atoms with Gasteiger partial charge >= 0.3 is 5.97 Å². The van der Waals surface area contributed by atoms with E-state index in [0.29, 0.717) is 12.2 Å². The van der Waals surface area contributed by atoms with Crippen molar-refractivity contribution in [3.8, 4) is 5.75 Å². The van der Waals surface area contributed by atoms with Gasteiger partial charge in [0.1, 0.15) is 5.75 Å². The molecule has 1 rings (SSSR count). The van der Waals surface area contributed by atoms with E-state index >= 15 is 0 Å². The van der Waals surface area contributed by atoms with Gasteiger partial charge in [-0.25, -0.2) is 0 Å². The molecule has 0 spiro atoms. The predicted molar refractivity (Wildman–Crippen MR) is 83.2 cm³/mol. The van der Waals surface area contributed by atoms with E-state index < -0.39 is 0 Å². The van der Waals surface area contributed by atoms with Crippen LogP contribution in [0.5, 0.6) is 5.75 Å². The fraction of sp³-hybridized carbons (Fsp3) is 0.588. The zero-order valence-electron chi connectivity index (χ0n) is 13.4. The van der Waals surface area contributed by atoms with E-state index in [1.807, 2.05) is 38.4 Å². The Hall–Kier alpha value is -1.35. The van der Waals surface area contributed by atoms with Gasteiger partial charge in [-0.15, -0.1) is 0 Å². The third kappa shape index (κ3) is 6.20. The summed E-state index contributed by atoms with van der Waals surface area (Å²) in [7, 11) is 4.07. The van der Waals surface area contributed by atoms with Crippen molar-refractivity contribution < 1.29 is 9.53 Å². The van der Waals surface area contributed by atoms with Crippen LogP contribution in [0.15, 0.2) is 24.3 Å². The molecule has 0 aliphatic heterocycles. The van der Waals surface area contributed by atoms with Gasteiger partial charge in [0.2, 0.25) is 0 Å². The number of rotatable bonds is 6. The summed E-state index contributed by atoms with van der Waals surface area (Å²) in [6, 6.07) is 7.79. The summed E-state index contributed by atoms with van der Waals surface area (Å²) in [6.07, 6.45) is 2.37. The zero-order chi connectivity index (χ0) is 15.2. The van der Waals surface area contributed by atoms with E-state index in [1.54, 1.807) is 0 Å². The van der Waals surface area contributed by atoms with E-state index in [-0.39, 0.29) is 11.4 Å². The van der Waals surface area contributed by atoms with Crippen molar-refractivity contribution in [1.82, 2.24) is 4.90 Å². The first-order valence-corrected chi connectivity index (χ1v) is 7.25. The Kier molecular flexibility index (Phi) is 6.21. The van der Waals surface area contributed by atoms with Gasteiger partial charge in [0.25, 0.3) is 0 Å². The van der Waals surface area contributed by atoms with E-state index in [4.69, 9.17) is 4.74 Å². The Labute approximate surface area is 122 Å². The molecule has 0 radical (unpaired) electrons. The summed E-state index contributed by atoms with van der Waals surface area (Å²) in [4.78, 5) is 13.8. The molecule has 1 aromatic rings. The lowest BCUT2D eigenvalue weighted by molar-refractivity contribution is -0.134. The second kappa shape index (κ2) is 7.44. The monoisotopic (exact) mass is 277 g/mol. The fourth-order valence-electron chi connectivity index (χ4n) is 1.90. The van der Waals surface area contributed by atoms with Crippen molar-refractivity contribution in [2.75, 3.05) is 20.6 Å². The first kappa shape index (κ1) is 16.7. The molecular formula is C17H27NO2. The van der Waals surface area contributed by atoms with E-state index in [1.165, 1.54) is 5.56 Å². The lowest BCUT2D eigenvalue weighted by atomic mass is 9.87. The van der Waals surface area contributed by atoms with Crippen molar-refractivity contribution in [1.29, 1.82) is 0 Å². The molecule has 0 N–H and O–H groups in total. The Morgan fingerprint density at radius 3 is 2.20 bits per heavy atom. The van der Waals surface area contributed by atoms with Gasteiger partial charge in [0.05, 0.1) is 0 Å². The van der Waals surface area contributed by atoms with Gasteiger partial charge in [-0.3, -0.25) is 4.79 Å². The van der Waals surface area contributed by atoms with Crippen LogP contribution in [0.1, 0.15) is 45.6 Å². The van der Waals surface area contributed by atoms with Crippen molar-refractivity contribution in [3.63, 3.8) is 0 Å². The Balaban J connectivity index is 2.39. The van der Waals surface area contributed by atoms with Crippen LogP contribution in [0.2, 0.25) is 0 Å². The Bertz CT molecular complexity index is 416. The summed E-state index contributed by atoms with van der Waals surface area (Å²) < 4.78 is 5.34. The average Bonchev–Trinajstić information content (AvgIpc) is 2.34. The van der Waals surface area contributed by atoms with Crippen molar-refractivity contribution in [3.05, 3.63) is 29.8 Å². The number of carbonyl (C=O) groups is 1. The molecule has 0 saturated heterocycles. The summed E-state index contributed by atoms with van der Waals surface area (Å²) in [5, 5.41) is 0. The molecule has 0 fully saturated rings. The molecule has 1 aromatic carbocycles. The third-order valence-corrected chi connectivity index (χ3v) is 3.19.